The van der Waals surface area contributed by atoms with Gasteiger partial charge in [0.05, 0.1) is 12.6 Å². The summed E-state index contributed by atoms with van der Waals surface area (Å²) in [6.45, 7) is 2.61. The lowest BCUT2D eigenvalue weighted by Gasteiger charge is -2.24. The van der Waals surface area contributed by atoms with Crippen molar-refractivity contribution in [1.82, 2.24) is 14.9 Å². The molecule has 1 saturated heterocycles. The van der Waals surface area contributed by atoms with Gasteiger partial charge in [0.2, 0.25) is 0 Å². The monoisotopic (exact) mass is 335 g/mol. The molecule has 2 N–H and O–H groups in total. The Morgan fingerprint density at radius 1 is 1.33 bits per heavy atom. The standard InChI is InChI=1S/C17H19F2N3O2/c1-2-11-6-17(24)21-16(20-11)9-22-8-12(23)7-15(22)10-3-4-13(18)14(19)5-10/h3-6,12,15,23H,2,7-9H2,1H3,(H,20,21,24)/t12-,15+/m1/s1. The first-order valence-corrected chi connectivity index (χ1v) is 7.92. The van der Waals surface area contributed by atoms with Crippen molar-refractivity contribution >= 4 is 0 Å². The van der Waals surface area contributed by atoms with Crippen molar-refractivity contribution in [3.8, 4) is 0 Å². The van der Waals surface area contributed by atoms with E-state index in [2.05, 4.69) is 9.97 Å². The van der Waals surface area contributed by atoms with Crippen molar-refractivity contribution in [3.63, 3.8) is 0 Å². The second-order valence-electron chi connectivity index (χ2n) is 6.05. The van der Waals surface area contributed by atoms with Crippen molar-refractivity contribution in [3.05, 3.63) is 63.3 Å². The lowest BCUT2D eigenvalue weighted by molar-refractivity contribution is 0.171. The van der Waals surface area contributed by atoms with Crippen LogP contribution in [-0.2, 0) is 13.0 Å². The number of hydrogen-bond acceptors (Lipinski definition) is 4. The second kappa shape index (κ2) is 6.78. The van der Waals surface area contributed by atoms with Crippen molar-refractivity contribution in [2.24, 2.45) is 0 Å². The van der Waals surface area contributed by atoms with Gasteiger partial charge in [0.15, 0.2) is 11.6 Å². The van der Waals surface area contributed by atoms with Gasteiger partial charge in [0.25, 0.3) is 5.56 Å². The zero-order valence-corrected chi connectivity index (χ0v) is 13.3. The molecule has 24 heavy (non-hydrogen) atoms. The van der Waals surface area contributed by atoms with Crippen LogP contribution in [0.25, 0.3) is 0 Å². The molecule has 2 atom stereocenters. The average molecular weight is 335 g/mol. The summed E-state index contributed by atoms with van der Waals surface area (Å²) >= 11 is 0. The fourth-order valence-electron chi connectivity index (χ4n) is 3.13. The van der Waals surface area contributed by atoms with E-state index in [9.17, 15) is 18.7 Å². The summed E-state index contributed by atoms with van der Waals surface area (Å²) in [7, 11) is 0. The highest BCUT2D eigenvalue weighted by Crippen LogP contribution is 2.33. The van der Waals surface area contributed by atoms with E-state index in [4.69, 9.17) is 0 Å². The first kappa shape index (κ1) is 16.7. The number of likely N-dealkylation sites (tertiary alicyclic amines) is 1. The SMILES string of the molecule is CCc1cc(=O)[nH]c(CN2C[C@H](O)C[C@H]2c2ccc(F)c(F)c2)n1. The lowest BCUT2D eigenvalue weighted by Crippen LogP contribution is -2.27. The van der Waals surface area contributed by atoms with E-state index in [1.54, 1.807) is 0 Å². The van der Waals surface area contributed by atoms with E-state index in [0.29, 0.717) is 43.0 Å². The highest BCUT2D eigenvalue weighted by molar-refractivity contribution is 5.23. The molecular weight excluding hydrogens is 316 g/mol. The molecule has 7 heteroatoms. The lowest BCUT2D eigenvalue weighted by atomic mass is 10.0. The molecule has 0 bridgehead atoms. The minimum Gasteiger partial charge on any atom is -0.392 e. The Labute approximate surface area is 138 Å². The van der Waals surface area contributed by atoms with E-state index in [1.807, 2.05) is 11.8 Å². The minimum absolute atomic E-state index is 0.221. The Balaban J connectivity index is 1.86. The van der Waals surface area contributed by atoms with Gasteiger partial charge in [-0.15, -0.1) is 0 Å². The van der Waals surface area contributed by atoms with E-state index in [1.165, 1.54) is 12.1 Å². The van der Waals surface area contributed by atoms with Crippen LogP contribution in [0.4, 0.5) is 8.78 Å². The Bertz CT molecular complexity index is 794. The Kier molecular flexibility index (Phi) is 4.73. The molecule has 0 spiro atoms. The number of benzene rings is 1. The number of H-pyrrole nitrogens is 1. The molecule has 1 aliphatic heterocycles. The van der Waals surface area contributed by atoms with Crippen LogP contribution >= 0.6 is 0 Å². The maximum Gasteiger partial charge on any atom is 0.251 e. The third kappa shape index (κ3) is 3.52. The van der Waals surface area contributed by atoms with Crippen LogP contribution in [0.3, 0.4) is 0 Å². The van der Waals surface area contributed by atoms with Gasteiger partial charge in [-0.25, -0.2) is 13.8 Å². The number of hydrogen-bond donors (Lipinski definition) is 2. The second-order valence-corrected chi connectivity index (χ2v) is 6.05. The van der Waals surface area contributed by atoms with Gasteiger partial charge in [0.1, 0.15) is 5.82 Å². The summed E-state index contributed by atoms with van der Waals surface area (Å²) in [6.07, 6.45) is 0.499. The molecular formula is C17H19F2N3O2. The van der Waals surface area contributed by atoms with Crippen LogP contribution in [-0.4, -0.2) is 32.6 Å². The van der Waals surface area contributed by atoms with Crippen LogP contribution in [0.1, 0.15) is 36.5 Å². The molecule has 2 heterocycles. The van der Waals surface area contributed by atoms with Gasteiger partial charge >= 0.3 is 0 Å². The molecule has 0 radical (unpaired) electrons. The zero-order valence-electron chi connectivity index (χ0n) is 13.3. The summed E-state index contributed by atoms with van der Waals surface area (Å²) in [6, 6.07) is 4.96. The summed E-state index contributed by atoms with van der Waals surface area (Å²) < 4.78 is 26.7. The van der Waals surface area contributed by atoms with Crippen LogP contribution in [0.2, 0.25) is 0 Å². The van der Waals surface area contributed by atoms with Crippen LogP contribution < -0.4 is 5.56 Å². The van der Waals surface area contributed by atoms with Crippen molar-refractivity contribution in [1.29, 1.82) is 0 Å². The third-order valence-electron chi connectivity index (χ3n) is 4.27. The normalized spacial score (nSPS) is 21.3. The first-order valence-electron chi connectivity index (χ1n) is 7.92. The number of aryl methyl sites for hydroxylation is 1. The maximum atomic E-state index is 13.5. The Morgan fingerprint density at radius 2 is 2.12 bits per heavy atom. The van der Waals surface area contributed by atoms with Gasteiger partial charge in [-0.05, 0) is 30.5 Å². The van der Waals surface area contributed by atoms with Crippen molar-refractivity contribution in [2.75, 3.05) is 6.54 Å². The zero-order chi connectivity index (χ0) is 17.3. The molecule has 0 aliphatic carbocycles. The molecule has 0 saturated carbocycles. The smallest absolute Gasteiger partial charge is 0.251 e. The fourth-order valence-corrected chi connectivity index (χ4v) is 3.13. The van der Waals surface area contributed by atoms with Crippen LogP contribution in [0.5, 0.6) is 0 Å². The molecule has 128 valence electrons. The topological polar surface area (TPSA) is 69.2 Å². The maximum absolute atomic E-state index is 13.5. The number of halogens is 2. The number of rotatable bonds is 4. The molecule has 1 aromatic carbocycles. The molecule has 1 aromatic heterocycles. The Hall–Kier alpha value is -2.12. The highest BCUT2D eigenvalue weighted by Gasteiger charge is 2.32. The molecule has 5 nitrogen and oxygen atoms in total. The number of aliphatic hydroxyl groups is 1. The summed E-state index contributed by atoms with van der Waals surface area (Å²) in [5.41, 5.74) is 1.07. The van der Waals surface area contributed by atoms with E-state index in [0.717, 1.165) is 12.1 Å². The number of aromatic amines is 1. The van der Waals surface area contributed by atoms with E-state index < -0.39 is 17.7 Å². The summed E-state index contributed by atoms with van der Waals surface area (Å²) in [5, 5.41) is 9.99. The number of nitrogens with one attached hydrogen (secondary N) is 1. The molecule has 1 fully saturated rings. The number of nitrogens with zero attached hydrogens (tertiary/aromatic N) is 2. The number of β-amino-alcohol motifs (C(OH)–C–C–N with tert-alkyl or cyclic N) is 1. The largest absolute Gasteiger partial charge is 0.392 e. The predicted octanol–water partition coefficient (Wildman–Crippen LogP) is 1.92. The van der Waals surface area contributed by atoms with Crippen molar-refractivity contribution in [2.45, 2.75) is 38.5 Å². The Morgan fingerprint density at radius 3 is 2.83 bits per heavy atom. The van der Waals surface area contributed by atoms with Gasteiger partial charge in [-0.1, -0.05) is 13.0 Å². The van der Waals surface area contributed by atoms with E-state index in [-0.39, 0.29) is 11.6 Å². The van der Waals surface area contributed by atoms with Crippen LogP contribution in [0, 0.1) is 11.6 Å². The third-order valence-corrected chi connectivity index (χ3v) is 4.27. The predicted molar refractivity (Wildman–Crippen MR) is 84.4 cm³/mol. The fraction of sp³-hybridized carbons (Fsp3) is 0.412. The van der Waals surface area contributed by atoms with E-state index >= 15 is 0 Å². The average Bonchev–Trinajstić information content (AvgIpc) is 2.90. The first-order chi connectivity index (χ1) is 11.5. The van der Waals surface area contributed by atoms with Crippen LogP contribution in [0.15, 0.2) is 29.1 Å². The molecule has 1 aliphatic rings. The molecule has 0 amide bonds. The van der Waals surface area contributed by atoms with Gasteiger partial charge < -0.3 is 10.1 Å². The van der Waals surface area contributed by atoms with Gasteiger partial charge in [-0.2, -0.15) is 0 Å². The number of aliphatic hydroxyl groups excluding tert-OH is 1. The number of aromatic nitrogens is 2. The molecule has 2 aromatic rings. The molecule has 0 unspecified atom stereocenters. The minimum atomic E-state index is -0.909. The van der Waals surface area contributed by atoms with Crippen molar-refractivity contribution < 1.29 is 13.9 Å². The summed E-state index contributed by atoms with van der Waals surface area (Å²) in [5.74, 6) is -1.31. The van der Waals surface area contributed by atoms with Gasteiger partial charge in [0, 0.05) is 24.3 Å². The quantitative estimate of drug-likeness (QED) is 0.896. The highest BCUT2D eigenvalue weighted by atomic mass is 19.2. The molecule has 3 rings (SSSR count). The summed E-state index contributed by atoms with van der Waals surface area (Å²) in [4.78, 5) is 20.7. The van der Waals surface area contributed by atoms with Gasteiger partial charge in [-0.3, -0.25) is 9.69 Å².